The van der Waals surface area contributed by atoms with Gasteiger partial charge in [-0.1, -0.05) is 39.5 Å². The maximum absolute atomic E-state index is 3.65. The van der Waals surface area contributed by atoms with Gasteiger partial charge < -0.3 is 5.32 Å². The number of hydrogen-bond acceptors (Lipinski definition) is 2. The van der Waals surface area contributed by atoms with Gasteiger partial charge in [-0.25, -0.2) is 0 Å². The minimum Gasteiger partial charge on any atom is -0.311 e. The molecule has 106 valence electrons. The predicted molar refractivity (Wildman–Crippen MR) is 78.9 cm³/mol. The summed E-state index contributed by atoms with van der Waals surface area (Å²) in [6, 6.07) is 1.46. The molecule has 2 atom stereocenters. The van der Waals surface area contributed by atoms with E-state index in [1.807, 2.05) is 0 Å². The van der Waals surface area contributed by atoms with E-state index in [1.54, 1.807) is 0 Å². The van der Waals surface area contributed by atoms with Crippen molar-refractivity contribution in [3.63, 3.8) is 0 Å². The Balaban J connectivity index is 1.71. The van der Waals surface area contributed by atoms with E-state index < -0.39 is 0 Å². The Bertz CT molecular complexity index is 233. The van der Waals surface area contributed by atoms with Crippen molar-refractivity contribution in [2.45, 2.75) is 71.4 Å². The fraction of sp³-hybridized carbons (Fsp3) is 1.00. The van der Waals surface area contributed by atoms with Crippen molar-refractivity contribution in [3.8, 4) is 0 Å². The molecule has 0 aromatic heterocycles. The molecule has 2 unspecified atom stereocenters. The van der Waals surface area contributed by atoms with Crippen LogP contribution in [0.5, 0.6) is 0 Å². The van der Waals surface area contributed by atoms with Crippen molar-refractivity contribution in [1.29, 1.82) is 0 Å². The minimum atomic E-state index is 0.729. The second kappa shape index (κ2) is 6.91. The van der Waals surface area contributed by atoms with E-state index >= 15 is 0 Å². The topological polar surface area (TPSA) is 15.3 Å². The molecule has 1 aliphatic carbocycles. The average molecular weight is 252 g/mol. The van der Waals surface area contributed by atoms with Gasteiger partial charge in [0.25, 0.3) is 0 Å². The lowest BCUT2D eigenvalue weighted by atomic mass is 9.81. The summed E-state index contributed by atoms with van der Waals surface area (Å²) in [5, 5.41) is 3.65. The minimum absolute atomic E-state index is 0.729. The Morgan fingerprint density at radius 3 is 2.50 bits per heavy atom. The highest BCUT2D eigenvalue weighted by Crippen LogP contribution is 2.30. The van der Waals surface area contributed by atoms with Gasteiger partial charge >= 0.3 is 0 Å². The van der Waals surface area contributed by atoms with Crippen LogP contribution in [0.1, 0.15) is 59.3 Å². The first kappa shape index (κ1) is 14.3. The zero-order chi connectivity index (χ0) is 13.0. The average Bonchev–Trinajstić information content (AvgIpc) is 2.40. The van der Waals surface area contributed by atoms with Crippen LogP contribution in [0.4, 0.5) is 0 Å². The van der Waals surface area contributed by atoms with Crippen molar-refractivity contribution < 1.29 is 0 Å². The summed E-state index contributed by atoms with van der Waals surface area (Å²) in [5.41, 5.74) is 0. The van der Waals surface area contributed by atoms with Crippen LogP contribution in [-0.2, 0) is 0 Å². The lowest BCUT2D eigenvalue weighted by Gasteiger charge is -2.39. The Morgan fingerprint density at radius 1 is 1.11 bits per heavy atom. The largest absolute Gasteiger partial charge is 0.311 e. The van der Waals surface area contributed by atoms with E-state index in [0.717, 1.165) is 23.9 Å². The van der Waals surface area contributed by atoms with Gasteiger partial charge in [0, 0.05) is 25.2 Å². The fourth-order valence-corrected chi connectivity index (χ4v) is 3.55. The molecule has 2 nitrogen and oxygen atoms in total. The van der Waals surface area contributed by atoms with Crippen LogP contribution >= 0.6 is 0 Å². The molecule has 2 heteroatoms. The predicted octanol–water partition coefficient (Wildman–Crippen LogP) is 3.28. The third-order valence-corrected chi connectivity index (χ3v) is 5.23. The summed E-state index contributed by atoms with van der Waals surface area (Å²) >= 11 is 0. The third-order valence-electron chi connectivity index (χ3n) is 5.23. The monoisotopic (exact) mass is 252 g/mol. The normalized spacial score (nSPS) is 38.8. The molecule has 2 aliphatic rings. The molecule has 1 N–H and O–H groups in total. The van der Waals surface area contributed by atoms with Crippen LogP contribution < -0.4 is 5.32 Å². The molecule has 1 saturated heterocycles. The molecule has 2 rings (SSSR count). The summed E-state index contributed by atoms with van der Waals surface area (Å²) in [7, 11) is 0. The zero-order valence-electron chi connectivity index (χ0n) is 12.6. The molecule has 18 heavy (non-hydrogen) atoms. The zero-order valence-corrected chi connectivity index (χ0v) is 12.6. The first-order valence-electron chi connectivity index (χ1n) is 8.16. The van der Waals surface area contributed by atoms with Gasteiger partial charge in [0.15, 0.2) is 0 Å². The van der Waals surface area contributed by atoms with E-state index in [9.17, 15) is 0 Å². The number of nitrogens with zero attached hydrogens (tertiary/aromatic N) is 1. The quantitative estimate of drug-likeness (QED) is 0.826. The van der Waals surface area contributed by atoms with Crippen molar-refractivity contribution in [2.24, 2.45) is 11.8 Å². The molecule has 0 bridgehead atoms. The van der Waals surface area contributed by atoms with Crippen LogP contribution in [0.15, 0.2) is 0 Å². The van der Waals surface area contributed by atoms with Gasteiger partial charge in [-0.3, -0.25) is 4.90 Å². The van der Waals surface area contributed by atoms with Crippen molar-refractivity contribution >= 4 is 0 Å². The van der Waals surface area contributed by atoms with Crippen molar-refractivity contribution in [3.05, 3.63) is 0 Å². The number of rotatable bonds is 4. The highest BCUT2D eigenvalue weighted by Gasteiger charge is 2.25. The first-order valence-corrected chi connectivity index (χ1v) is 8.16. The molecular formula is C16H32N2. The van der Waals surface area contributed by atoms with Crippen molar-refractivity contribution in [1.82, 2.24) is 10.2 Å². The van der Waals surface area contributed by atoms with Crippen LogP contribution in [0.25, 0.3) is 0 Å². The van der Waals surface area contributed by atoms with E-state index in [2.05, 4.69) is 31.0 Å². The van der Waals surface area contributed by atoms with Gasteiger partial charge in [0.05, 0.1) is 0 Å². The fourth-order valence-electron chi connectivity index (χ4n) is 3.55. The summed E-state index contributed by atoms with van der Waals surface area (Å²) in [5.74, 6) is 2.01. The second-order valence-corrected chi connectivity index (χ2v) is 6.77. The van der Waals surface area contributed by atoms with Gasteiger partial charge in [-0.15, -0.1) is 0 Å². The lowest BCUT2D eigenvalue weighted by molar-refractivity contribution is 0.124. The molecule has 0 spiro atoms. The summed E-state index contributed by atoms with van der Waals surface area (Å²) in [6.45, 7) is 10.9. The van der Waals surface area contributed by atoms with Crippen LogP contribution in [-0.4, -0.2) is 36.6 Å². The third kappa shape index (κ3) is 3.96. The first-order chi connectivity index (χ1) is 8.69. The van der Waals surface area contributed by atoms with E-state index in [0.29, 0.717) is 0 Å². The summed E-state index contributed by atoms with van der Waals surface area (Å²) < 4.78 is 0. The van der Waals surface area contributed by atoms with Gasteiger partial charge in [0.1, 0.15) is 0 Å². The highest BCUT2D eigenvalue weighted by atomic mass is 15.2. The van der Waals surface area contributed by atoms with Crippen LogP contribution in [0.3, 0.4) is 0 Å². The second-order valence-electron chi connectivity index (χ2n) is 6.77. The molecule has 1 saturated carbocycles. The summed E-state index contributed by atoms with van der Waals surface area (Å²) in [4.78, 5) is 2.72. The molecule has 0 radical (unpaired) electrons. The lowest BCUT2D eigenvalue weighted by Crippen LogP contribution is -2.55. The van der Waals surface area contributed by atoms with E-state index in [-0.39, 0.29) is 0 Å². The molecule has 0 aromatic carbocycles. The van der Waals surface area contributed by atoms with Gasteiger partial charge in [0.2, 0.25) is 0 Å². The Labute approximate surface area is 114 Å². The number of piperazine rings is 1. The van der Waals surface area contributed by atoms with Crippen LogP contribution in [0, 0.1) is 11.8 Å². The standard InChI is InChI=1S/C16H32N2/c1-4-16-12-18(14(3)11-17-16)10-9-15-7-5-13(2)6-8-15/h13-17H,4-12H2,1-3H3. The molecular weight excluding hydrogens is 220 g/mol. The molecule has 1 heterocycles. The van der Waals surface area contributed by atoms with Crippen molar-refractivity contribution in [2.75, 3.05) is 19.6 Å². The molecule has 2 fully saturated rings. The SMILES string of the molecule is CCC1CN(CCC2CCC(C)CC2)C(C)CN1. The maximum Gasteiger partial charge on any atom is 0.0193 e. The maximum atomic E-state index is 3.65. The van der Waals surface area contributed by atoms with Gasteiger partial charge in [-0.05, 0) is 38.1 Å². The highest BCUT2D eigenvalue weighted by molar-refractivity contribution is 4.83. The Morgan fingerprint density at radius 2 is 1.83 bits per heavy atom. The smallest absolute Gasteiger partial charge is 0.0193 e. The van der Waals surface area contributed by atoms with Crippen LogP contribution in [0.2, 0.25) is 0 Å². The number of nitrogens with one attached hydrogen (secondary N) is 1. The molecule has 0 aromatic rings. The molecule has 0 amide bonds. The van der Waals surface area contributed by atoms with Gasteiger partial charge in [-0.2, -0.15) is 0 Å². The Kier molecular flexibility index (Phi) is 5.50. The van der Waals surface area contributed by atoms with E-state index in [1.165, 1.54) is 58.2 Å². The molecule has 1 aliphatic heterocycles. The Hall–Kier alpha value is -0.0800. The van der Waals surface area contributed by atoms with E-state index in [4.69, 9.17) is 0 Å². The number of hydrogen-bond donors (Lipinski definition) is 1. The summed E-state index contributed by atoms with van der Waals surface area (Å²) in [6.07, 6.45) is 8.62.